The molecule has 0 atom stereocenters. The average molecular weight is 265 g/mol. The first-order chi connectivity index (χ1) is 8.64. The van der Waals surface area contributed by atoms with Gasteiger partial charge in [0.1, 0.15) is 0 Å². The Morgan fingerprint density at radius 1 is 1.28 bits per heavy atom. The van der Waals surface area contributed by atoms with Crippen molar-refractivity contribution in [3.8, 4) is 0 Å². The number of hydrogen-bond acceptors (Lipinski definition) is 3. The molecule has 0 saturated heterocycles. The molecule has 0 spiro atoms. The largest absolute Gasteiger partial charge is 0.291 e. The number of likely N-dealkylation sites (N-methyl/N-ethyl adjacent to an activating group) is 1. The lowest BCUT2D eigenvalue weighted by atomic mass is 9.88. The van der Waals surface area contributed by atoms with Crippen LogP contribution in [0.4, 0.5) is 0 Å². The topological polar surface area (TPSA) is 20.3 Å². The van der Waals surface area contributed by atoms with Crippen molar-refractivity contribution in [3.05, 3.63) is 21.9 Å². The number of ketones is 1. The van der Waals surface area contributed by atoms with E-state index < -0.39 is 0 Å². The van der Waals surface area contributed by atoms with Gasteiger partial charge in [0.05, 0.1) is 10.4 Å². The molecule has 2 rings (SSSR count). The van der Waals surface area contributed by atoms with Crippen LogP contribution in [0.3, 0.4) is 0 Å². The molecule has 1 aliphatic carbocycles. The van der Waals surface area contributed by atoms with Gasteiger partial charge in [-0.25, -0.2) is 0 Å². The van der Waals surface area contributed by atoms with Gasteiger partial charge >= 0.3 is 0 Å². The molecule has 1 aromatic heterocycles. The smallest absolute Gasteiger partial charge is 0.192 e. The van der Waals surface area contributed by atoms with Gasteiger partial charge in [-0.1, -0.05) is 26.7 Å². The van der Waals surface area contributed by atoms with Crippen molar-refractivity contribution in [2.45, 2.75) is 52.0 Å². The van der Waals surface area contributed by atoms with Crippen molar-refractivity contribution in [2.75, 3.05) is 13.1 Å². The second-order valence-corrected chi connectivity index (χ2v) is 6.44. The molecule has 0 aliphatic heterocycles. The monoisotopic (exact) mass is 265 g/mol. The Labute approximate surface area is 114 Å². The summed E-state index contributed by atoms with van der Waals surface area (Å²) in [6, 6.07) is 4.06. The van der Waals surface area contributed by atoms with Crippen LogP contribution in [-0.4, -0.2) is 29.3 Å². The zero-order valence-electron chi connectivity index (χ0n) is 11.7. The van der Waals surface area contributed by atoms with E-state index >= 15 is 0 Å². The van der Waals surface area contributed by atoms with Crippen molar-refractivity contribution in [2.24, 2.45) is 0 Å². The van der Waals surface area contributed by atoms with Gasteiger partial charge < -0.3 is 0 Å². The van der Waals surface area contributed by atoms with Gasteiger partial charge in [-0.05, 0) is 45.0 Å². The maximum atomic E-state index is 12.9. The van der Waals surface area contributed by atoms with Crippen LogP contribution in [0, 0.1) is 6.92 Å². The number of nitrogens with zero attached hydrogens (tertiary/aromatic N) is 1. The lowest BCUT2D eigenvalue weighted by Gasteiger charge is -2.38. The molecule has 1 saturated carbocycles. The van der Waals surface area contributed by atoms with Crippen LogP contribution < -0.4 is 0 Å². The zero-order chi connectivity index (χ0) is 13.2. The minimum atomic E-state index is -0.208. The summed E-state index contributed by atoms with van der Waals surface area (Å²) in [4.78, 5) is 17.5. The number of hydrogen-bond donors (Lipinski definition) is 0. The predicted molar refractivity (Wildman–Crippen MR) is 77.5 cm³/mol. The van der Waals surface area contributed by atoms with Crippen LogP contribution in [0.25, 0.3) is 0 Å². The minimum Gasteiger partial charge on any atom is -0.291 e. The molecular formula is C15H23NOS. The normalized spacial score (nSPS) is 18.4. The third-order valence-electron chi connectivity index (χ3n) is 4.19. The lowest BCUT2D eigenvalue weighted by molar-refractivity contribution is 0.0589. The van der Waals surface area contributed by atoms with Crippen LogP contribution >= 0.6 is 11.3 Å². The summed E-state index contributed by atoms with van der Waals surface area (Å²) in [6.07, 6.45) is 4.44. The van der Waals surface area contributed by atoms with Gasteiger partial charge in [0.25, 0.3) is 0 Å². The predicted octanol–water partition coefficient (Wildman–Crippen LogP) is 3.89. The van der Waals surface area contributed by atoms with Gasteiger partial charge in [0.15, 0.2) is 5.78 Å². The fraction of sp³-hybridized carbons (Fsp3) is 0.667. The fourth-order valence-corrected chi connectivity index (χ4v) is 4.16. The maximum Gasteiger partial charge on any atom is 0.192 e. The number of rotatable bonds is 5. The van der Waals surface area contributed by atoms with Crippen molar-refractivity contribution in [1.29, 1.82) is 0 Å². The molecule has 18 heavy (non-hydrogen) atoms. The molecule has 0 bridgehead atoms. The van der Waals surface area contributed by atoms with Gasteiger partial charge in [-0.3, -0.25) is 9.69 Å². The molecule has 0 aromatic carbocycles. The summed E-state index contributed by atoms with van der Waals surface area (Å²) < 4.78 is 0. The quantitative estimate of drug-likeness (QED) is 0.753. The van der Waals surface area contributed by atoms with Crippen LogP contribution in [0.15, 0.2) is 12.1 Å². The van der Waals surface area contributed by atoms with Crippen LogP contribution in [0.5, 0.6) is 0 Å². The van der Waals surface area contributed by atoms with Crippen molar-refractivity contribution < 1.29 is 4.79 Å². The highest BCUT2D eigenvalue weighted by molar-refractivity contribution is 7.14. The van der Waals surface area contributed by atoms with Gasteiger partial charge in [-0.2, -0.15) is 0 Å². The third-order valence-corrected chi connectivity index (χ3v) is 5.19. The zero-order valence-corrected chi connectivity index (χ0v) is 12.5. The summed E-state index contributed by atoms with van der Waals surface area (Å²) in [5.74, 6) is 0.363. The van der Waals surface area contributed by atoms with Crippen molar-refractivity contribution >= 4 is 17.1 Å². The number of carbonyl (C=O) groups excluding carboxylic acids is 1. The molecule has 3 heteroatoms. The Kier molecular flexibility index (Phi) is 4.23. The molecule has 0 amide bonds. The van der Waals surface area contributed by atoms with E-state index in [0.29, 0.717) is 5.78 Å². The first kappa shape index (κ1) is 13.8. The molecule has 0 unspecified atom stereocenters. The SMILES string of the molecule is CCN(CC)C1(C(=O)c2ccc(C)s2)CCCC1. The van der Waals surface area contributed by atoms with E-state index in [2.05, 4.69) is 31.7 Å². The van der Waals surface area contributed by atoms with E-state index in [1.54, 1.807) is 11.3 Å². The third kappa shape index (κ3) is 2.26. The molecule has 1 heterocycles. The summed E-state index contributed by atoms with van der Waals surface area (Å²) in [6.45, 7) is 8.33. The molecule has 1 aliphatic rings. The maximum absolute atomic E-state index is 12.9. The molecule has 2 nitrogen and oxygen atoms in total. The second-order valence-electron chi connectivity index (χ2n) is 5.15. The Hall–Kier alpha value is -0.670. The number of aryl methyl sites for hydroxylation is 1. The summed E-state index contributed by atoms with van der Waals surface area (Å²) in [5, 5.41) is 0. The average Bonchev–Trinajstić information content (AvgIpc) is 3.00. The summed E-state index contributed by atoms with van der Waals surface area (Å²) in [5.41, 5.74) is -0.208. The lowest BCUT2D eigenvalue weighted by Crippen LogP contribution is -2.52. The van der Waals surface area contributed by atoms with E-state index in [-0.39, 0.29) is 5.54 Å². The van der Waals surface area contributed by atoms with Crippen molar-refractivity contribution in [1.82, 2.24) is 4.90 Å². The van der Waals surface area contributed by atoms with E-state index in [0.717, 1.165) is 30.8 Å². The Bertz CT molecular complexity index is 414. The first-order valence-corrected chi connectivity index (χ1v) is 7.82. The minimum absolute atomic E-state index is 0.208. The molecule has 1 fully saturated rings. The van der Waals surface area contributed by atoms with Gasteiger partial charge in [-0.15, -0.1) is 11.3 Å². The van der Waals surface area contributed by atoms with Crippen molar-refractivity contribution in [3.63, 3.8) is 0 Å². The molecule has 0 radical (unpaired) electrons. The van der Waals surface area contributed by atoms with E-state index in [9.17, 15) is 4.79 Å². The molecule has 0 N–H and O–H groups in total. The molecule has 100 valence electrons. The molecular weight excluding hydrogens is 242 g/mol. The van der Waals surface area contributed by atoms with E-state index in [4.69, 9.17) is 0 Å². The summed E-state index contributed by atoms with van der Waals surface area (Å²) in [7, 11) is 0. The number of Topliss-reactive ketones (excluding diaryl/α,β-unsaturated/α-hetero) is 1. The standard InChI is InChI=1S/C15H23NOS/c1-4-16(5-2)15(10-6-7-11-15)14(17)13-9-8-12(3)18-13/h8-9H,4-7,10-11H2,1-3H3. The molecule has 1 aromatic rings. The Morgan fingerprint density at radius 2 is 1.89 bits per heavy atom. The van der Waals surface area contributed by atoms with Crippen LogP contribution in [0.1, 0.15) is 54.1 Å². The fourth-order valence-electron chi connectivity index (χ4n) is 3.26. The number of carbonyl (C=O) groups is 1. The highest BCUT2D eigenvalue weighted by atomic mass is 32.1. The van der Waals surface area contributed by atoms with E-state index in [1.165, 1.54) is 17.7 Å². The Balaban J connectivity index is 2.32. The first-order valence-electron chi connectivity index (χ1n) is 7.00. The highest BCUT2D eigenvalue weighted by Crippen LogP contribution is 2.39. The Morgan fingerprint density at radius 3 is 2.33 bits per heavy atom. The van der Waals surface area contributed by atoms with Crippen LogP contribution in [0.2, 0.25) is 0 Å². The van der Waals surface area contributed by atoms with Gasteiger partial charge in [0, 0.05) is 4.88 Å². The van der Waals surface area contributed by atoms with Gasteiger partial charge in [0.2, 0.25) is 0 Å². The van der Waals surface area contributed by atoms with E-state index in [1.807, 2.05) is 6.07 Å². The highest BCUT2D eigenvalue weighted by Gasteiger charge is 2.45. The second kappa shape index (κ2) is 5.54. The number of thiophene rings is 1. The van der Waals surface area contributed by atoms with Crippen LogP contribution in [-0.2, 0) is 0 Å². The summed E-state index contributed by atoms with van der Waals surface area (Å²) >= 11 is 1.64.